The average Bonchev–Trinajstić information content (AvgIpc) is 2.61. The summed E-state index contributed by atoms with van der Waals surface area (Å²) in [6.07, 6.45) is -1.13. The van der Waals surface area contributed by atoms with Crippen LogP contribution in [0.1, 0.15) is 22.8 Å². The van der Waals surface area contributed by atoms with E-state index in [-0.39, 0.29) is 17.3 Å². The van der Waals surface area contributed by atoms with Gasteiger partial charge in [-0.2, -0.15) is 0 Å². The second-order valence-electron chi connectivity index (χ2n) is 5.80. The van der Waals surface area contributed by atoms with Crippen LogP contribution in [-0.2, 0) is 14.3 Å². The third-order valence-corrected chi connectivity index (χ3v) is 3.85. The van der Waals surface area contributed by atoms with Crippen molar-refractivity contribution in [1.82, 2.24) is 5.32 Å². The van der Waals surface area contributed by atoms with Gasteiger partial charge in [0.25, 0.3) is 11.8 Å². The lowest BCUT2D eigenvalue weighted by Crippen LogP contribution is -2.35. The Bertz CT molecular complexity index is 873. The molecule has 2 amide bonds. The number of benzene rings is 2. The molecular formula is C19H18ClFN2O4. The van der Waals surface area contributed by atoms with Crippen LogP contribution in [0.5, 0.6) is 0 Å². The zero-order valence-corrected chi connectivity index (χ0v) is 15.5. The first kappa shape index (κ1) is 20.4. The molecule has 1 unspecified atom stereocenters. The number of nitrogens with one attached hydrogen (secondary N) is 2. The molecule has 0 heterocycles. The molecule has 27 heavy (non-hydrogen) atoms. The number of halogens is 2. The van der Waals surface area contributed by atoms with Crippen LogP contribution in [-0.4, -0.2) is 30.4 Å². The topological polar surface area (TPSA) is 84.5 Å². The molecule has 2 aromatic carbocycles. The van der Waals surface area contributed by atoms with Crippen LogP contribution in [0.4, 0.5) is 10.1 Å². The number of aryl methyl sites for hydroxylation is 1. The maximum absolute atomic E-state index is 13.0. The van der Waals surface area contributed by atoms with Crippen molar-refractivity contribution in [3.8, 4) is 0 Å². The first-order valence-corrected chi connectivity index (χ1v) is 8.44. The smallest absolute Gasteiger partial charge is 0.326 e. The molecule has 1 atom stereocenters. The summed E-state index contributed by atoms with van der Waals surface area (Å²) in [5, 5.41) is 4.89. The number of esters is 1. The van der Waals surface area contributed by atoms with Crippen molar-refractivity contribution in [2.75, 3.05) is 11.9 Å². The Hall–Kier alpha value is -2.93. The SMILES string of the molecule is Cc1cccc(C(=O)NCC(=O)OC(C)C(=O)Nc2ccc(F)cc2Cl)c1. The summed E-state index contributed by atoms with van der Waals surface area (Å²) >= 11 is 5.83. The highest BCUT2D eigenvalue weighted by molar-refractivity contribution is 6.33. The number of hydrogen-bond acceptors (Lipinski definition) is 4. The predicted molar refractivity (Wildman–Crippen MR) is 99.1 cm³/mol. The molecular weight excluding hydrogens is 375 g/mol. The van der Waals surface area contributed by atoms with E-state index in [4.69, 9.17) is 16.3 Å². The Morgan fingerprint density at radius 3 is 2.59 bits per heavy atom. The molecule has 2 N–H and O–H groups in total. The van der Waals surface area contributed by atoms with Crippen LogP contribution >= 0.6 is 11.6 Å². The lowest BCUT2D eigenvalue weighted by molar-refractivity contribution is -0.152. The van der Waals surface area contributed by atoms with E-state index < -0.39 is 29.7 Å². The fourth-order valence-corrected chi connectivity index (χ4v) is 2.37. The van der Waals surface area contributed by atoms with Gasteiger partial charge in [0.2, 0.25) is 0 Å². The molecule has 6 nitrogen and oxygen atoms in total. The van der Waals surface area contributed by atoms with Gasteiger partial charge in [0.15, 0.2) is 6.10 Å². The highest BCUT2D eigenvalue weighted by Gasteiger charge is 2.19. The molecule has 2 aromatic rings. The van der Waals surface area contributed by atoms with Gasteiger partial charge in [-0.25, -0.2) is 4.39 Å². The van der Waals surface area contributed by atoms with E-state index in [1.165, 1.54) is 13.0 Å². The normalized spacial score (nSPS) is 11.4. The summed E-state index contributed by atoms with van der Waals surface area (Å²) in [5.41, 5.74) is 1.52. The van der Waals surface area contributed by atoms with Gasteiger partial charge in [-0.15, -0.1) is 0 Å². The number of hydrogen-bond donors (Lipinski definition) is 2. The van der Waals surface area contributed by atoms with Crippen LogP contribution < -0.4 is 10.6 Å². The molecule has 0 aliphatic rings. The van der Waals surface area contributed by atoms with Crippen molar-refractivity contribution in [3.05, 3.63) is 64.4 Å². The summed E-state index contributed by atoms with van der Waals surface area (Å²) in [6, 6.07) is 10.4. The van der Waals surface area contributed by atoms with E-state index in [9.17, 15) is 18.8 Å². The van der Waals surface area contributed by atoms with Gasteiger partial charge >= 0.3 is 5.97 Å². The van der Waals surface area contributed by atoms with Gasteiger partial charge in [-0.1, -0.05) is 29.3 Å². The van der Waals surface area contributed by atoms with E-state index >= 15 is 0 Å². The fourth-order valence-electron chi connectivity index (χ4n) is 2.16. The Morgan fingerprint density at radius 1 is 1.19 bits per heavy atom. The molecule has 0 aromatic heterocycles. The minimum Gasteiger partial charge on any atom is -0.451 e. The van der Waals surface area contributed by atoms with Crippen molar-refractivity contribution in [2.45, 2.75) is 20.0 Å². The third-order valence-electron chi connectivity index (χ3n) is 3.54. The van der Waals surface area contributed by atoms with Crippen molar-refractivity contribution < 1.29 is 23.5 Å². The van der Waals surface area contributed by atoms with E-state index in [1.54, 1.807) is 18.2 Å². The number of amides is 2. The summed E-state index contributed by atoms with van der Waals surface area (Å²) in [7, 11) is 0. The molecule has 0 fully saturated rings. The largest absolute Gasteiger partial charge is 0.451 e. The first-order chi connectivity index (χ1) is 12.8. The minimum absolute atomic E-state index is 0.0206. The van der Waals surface area contributed by atoms with Crippen molar-refractivity contribution in [1.29, 1.82) is 0 Å². The van der Waals surface area contributed by atoms with Crippen LogP contribution in [0.3, 0.4) is 0 Å². The molecule has 0 spiro atoms. The lowest BCUT2D eigenvalue weighted by Gasteiger charge is -2.14. The molecule has 0 bridgehead atoms. The number of carbonyl (C=O) groups is 3. The molecule has 0 saturated heterocycles. The van der Waals surface area contributed by atoms with E-state index in [0.29, 0.717) is 5.56 Å². The number of ether oxygens (including phenoxy) is 1. The molecule has 142 valence electrons. The highest BCUT2D eigenvalue weighted by atomic mass is 35.5. The molecule has 0 saturated carbocycles. The van der Waals surface area contributed by atoms with Crippen molar-refractivity contribution in [2.24, 2.45) is 0 Å². The summed E-state index contributed by atoms with van der Waals surface area (Å²) in [5.74, 6) is -2.38. The van der Waals surface area contributed by atoms with Gasteiger partial charge in [0, 0.05) is 5.56 Å². The third kappa shape index (κ3) is 6.07. The van der Waals surface area contributed by atoms with Crippen molar-refractivity contribution in [3.63, 3.8) is 0 Å². The second-order valence-corrected chi connectivity index (χ2v) is 6.20. The van der Waals surface area contributed by atoms with E-state index in [0.717, 1.165) is 17.7 Å². The second kappa shape index (κ2) is 9.14. The Morgan fingerprint density at radius 2 is 1.93 bits per heavy atom. The van der Waals surface area contributed by atoms with Gasteiger partial charge in [-0.05, 0) is 44.2 Å². The monoisotopic (exact) mass is 392 g/mol. The maximum Gasteiger partial charge on any atom is 0.326 e. The number of rotatable bonds is 6. The maximum atomic E-state index is 13.0. The van der Waals surface area contributed by atoms with Gasteiger partial charge in [0.1, 0.15) is 12.4 Å². The Kier molecular flexibility index (Phi) is 6.90. The molecule has 0 aliphatic carbocycles. The van der Waals surface area contributed by atoms with Crippen LogP contribution in [0.15, 0.2) is 42.5 Å². The van der Waals surface area contributed by atoms with Gasteiger partial charge < -0.3 is 15.4 Å². The molecule has 8 heteroatoms. The molecule has 2 rings (SSSR count). The van der Waals surface area contributed by atoms with Gasteiger partial charge in [0.05, 0.1) is 10.7 Å². The number of carbonyl (C=O) groups excluding carboxylic acids is 3. The van der Waals surface area contributed by atoms with Crippen LogP contribution in [0.25, 0.3) is 0 Å². The van der Waals surface area contributed by atoms with E-state index in [1.807, 2.05) is 13.0 Å². The average molecular weight is 393 g/mol. The van der Waals surface area contributed by atoms with Crippen molar-refractivity contribution >= 4 is 35.1 Å². The van der Waals surface area contributed by atoms with Crippen LogP contribution in [0, 0.1) is 12.7 Å². The number of anilines is 1. The first-order valence-electron chi connectivity index (χ1n) is 8.06. The zero-order chi connectivity index (χ0) is 20.0. The summed E-state index contributed by atoms with van der Waals surface area (Å²) < 4.78 is 18.0. The zero-order valence-electron chi connectivity index (χ0n) is 14.7. The lowest BCUT2D eigenvalue weighted by atomic mass is 10.1. The minimum atomic E-state index is -1.13. The van der Waals surface area contributed by atoms with Crippen LogP contribution in [0.2, 0.25) is 5.02 Å². The molecule has 0 aliphatic heterocycles. The Labute approximate surface area is 160 Å². The predicted octanol–water partition coefficient (Wildman–Crippen LogP) is 3.09. The Balaban J connectivity index is 1.83. The van der Waals surface area contributed by atoms with Gasteiger partial charge in [-0.3, -0.25) is 14.4 Å². The molecule has 0 radical (unpaired) electrons. The quantitative estimate of drug-likeness (QED) is 0.740. The van der Waals surface area contributed by atoms with E-state index in [2.05, 4.69) is 10.6 Å². The fraction of sp³-hybridized carbons (Fsp3) is 0.211. The highest BCUT2D eigenvalue weighted by Crippen LogP contribution is 2.22. The standard InChI is InChI=1S/C19H18ClFN2O4/c1-11-4-3-5-13(8-11)19(26)22-10-17(24)27-12(2)18(25)23-16-7-6-14(21)9-15(16)20/h3-9,12H,10H2,1-2H3,(H,22,26)(H,23,25). The summed E-state index contributed by atoms with van der Waals surface area (Å²) in [6.45, 7) is 2.83. The summed E-state index contributed by atoms with van der Waals surface area (Å²) in [4.78, 5) is 35.9.